The SMILES string of the molecule is C#C.CC.CC.CC.CC.CO.COC1=CC=CC2C(=O)c3c(O)c4c(c(O)c3C(=O)C12)CCC(C(C)=O)C4.O[C@H]1CCCCO1. The predicted molar refractivity (Wildman–Crippen MR) is 185 cm³/mol. The fraction of sp³-hybridized carbons (Fsp3) is 0.595. The van der Waals surface area contributed by atoms with Crippen molar-refractivity contribution in [1.29, 1.82) is 0 Å². The first-order chi connectivity index (χ1) is 22.3. The number of Topliss-reactive ketones (excluding diaryl/α,β-unsaturated/α-hetero) is 3. The fourth-order valence-electron chi connectivity index (χ4n) is 5.24. The Labute approximate surface area is 277 Å². The van der Waals surface area contributed by atoms with Gasteiger partial charge in [0.15, 0.2) is 17.9 Å². The van der Waals surface area contributed by atoms with E-state index in [4.69, 9.17) is 19.7 Å². The van der Waals surface area contributed by atoms with Gasteiger partial charge in [0.05, 0.1) is 30.1 Å². The molecule has 1 aromatic carbocycles. The van der Waals surface area contributed by atoms with E-state index in [2.05, 4.69) is 12.8 Å². The Kier molecular flexibility index (Phi) is 27.3. The lowest BCUT2D eigenvalue weighted by molar-refractivity contribution is -0.123. The maximum absolute atomic E-state index is 13.2. The van der Waals surface area contributed by atoms with Gasteiger partial charge in [0, 0.05) is 30.8 Å². The Balaban J connectivity index is -0.000000815. The minimum absolute atomic E-state index is 0.00446. The van der Waals surface area contributed by atoms with E-state index < -0.39 is 29.7 Å². The minimum Gasteiger partial charge on any atom is -0.507 e. The number of terminal acetylenes is 1. The fourth-order valence-corrected chi connectivity index (χ4v) is 5.24. The third-order valence-corrected chi connectivity index (χ3v) is 7.14. The average molecular weight is 649 g/mol. The number of phenols is 2. The molecule has 1 aliphatic heterocycles. The van der Waals surface area contributed by atoms with E-state index in [0.29, 0.717) is 29.7 Å². The van der Waals surface area contributed by atoms with Gasteiger partial charge < -0.3 is 29.9 Å². The summed E-state index contributed by atoms with van der Waals surface area (Å²) in [4.78, 5) is 38.0. The van der Waals surface area contributed by atoms with Gasteiger partial charge in [-0.05, 0) is 51.5 Å². The maximum Gasteiger partial charge on any atom is 0.179 e. The number of hydrogen-bond acceptors (Lipinski definition) is 9. The molecule has 9 nitrogen and oxygen atoms in total. The van der Waals surface area contributed by atoms with Crippen molar-refractivity contribution in [2.24, 2.45) is 17.8 Å². The summed E-state index contributed by atoms with van der Waals surface area (Å²) in [5, 5.41) is 37.3. The van der Waals surface area contributed by atoms with Gasteiger partial charge in [0.1, 0.15) is 23.0 Å². The first-order valence-corrected chi connectivity index (χ1v) is 16.4. The van der Waals surface area contributed by atoms with E-state index in [1.165, 1.54) is 14.0 Å². The highest BCUT2D eigenvalue weighted by Gasteiger charge is 2.48. The summed E-state index contributed by atoms with van der Waals surface area (Å²) in [5.74, 6) is -2.89. The monoisotopic (exact) mass is 648 g/mol. The zero-order chi connectivity index (χ0) is 36.6. The summed E-state index contributed by atoms with van der Waals surface area (Å²) in [5.41, 5.74) is 0.595. The molecule has 0 saturated carbocycles. The first kappa shape index (κ1) is 47.0. The normalized spacial score (nSPS) is 21.0. The number of ketones is 3. The molecular formula is C37H60O9. The predicted octanol–water partition coefficient (Wildman–Crippen LogP) is 6.97. The van der Waals surface area contributed by atoms with E-state index in [-0.39, 0.29) is 40.7 Å². The number of methoxy groups -OCH3 is 1. The number of fused-ring (bicyclic) bond motifs is 3. The topological polar surface area (TPSA) is 151 Å². The van der Waals surface area contributed by atoms with Crippen molar-refractivity contribution in [2.45, 2.75) is 107 Å². The number of hydrogen-bond donors (Lipinski definition) is 4. The van der Waals surface area contributed by atoms with E-state index in [1.807, 2.05) is 55.4 Å². The van der Waals surface area contributed by atoms with Crippen LogP contribution in [0.3, 0.4) is 0 Å². The molecule has 1 fully saturated rings. The summed E-state index contributed by atoms with van der Waals surface area (Å²) in [6, 6.07) is 0. The summed E-state index contributed by atoms with van der Waals surface area (Å²) in [7, 11) is 2.43. The van der Waals surface area contributed by atoms with Gasteiger partial charge in [-0.15, -0.1) is 12.8 Å². The van der Waals surface area contributed by atoms with Crippen molar-refractivity contribution in [3.63, 3.8) is 0 Å². The van der Waals surface area contributed by atoms with Crippen LogP contribution in [0.2, 0.25) is 0 Å². The number of allylic oxidation sites excluding steroid dienone is 4. The molecule has 262 valence electrons. The molecule has 0 radical (unpaired) electrons. The van der Waals surface area contributed by atoms with Crippen LogP contribution in [-0.4, -0.2) is 64.9 Å². The van der Waals surface area contributed by atoms with Crippen LogP contribution in [0.1, 0.15) is 120 Å². The van der Waals surface area contributed by atoms with Crippen LogP contribution < -0.4 is 0 Å². The Hall–Kier alpha value is -3.45. The lowest BCUT2D eigenvalue weighted by Gasteiger charge is -2.34. The van der Waals surface area contributed by atoms with Gasteiger partial charge in [-0.25, -0.2) is 0 Å². The van der Waals surface area contributed by atoms with Crippen LogP contribution in [0.4, 0.5) is 0 Å². The molecule has 3 unspecified atom stereocenters. The third-order valence-electron chi connectivity index (χ3n) is 7.14. The van der Waals surface area contributed by atoms with Gasteiger partial charge in [-0.1, -0.05) is 67.5 Å². The Morgan fingerprint density at radius 2 is 1.39 bits per heavy atom. The van der Waals surface area contributed by atoms with E-state index in [0.717, 1.165) is 33.0 Å². The molecule has 3 aliphatic carbocycles. The lowest BCUT2D eigenvalue weighted by atomic mass is 9.68. The van der Waals surface area contributed by atoms with Crippen molar-refractivity contribution in [3.8, 4) is 24.3 Å². The van der Waals surface area contributed by atoms with Crippen molar-refractivity contribution in [1.82, 2.24) is 0 Å². The van der Waals surface area contributed by atoms with Gasteiger partial charge >= 0.3 is 0 Å². The Bertz CT molecular complexity index is 1130. The molecule has 1 aromatic rings. The molecule has 4 aliphatic rings. The molecule has 0 amide bonds. The van der Waals surface area contributed by atoms with Crippen LogP contribution in [0.15, 0.2) is 24.0 Å². The number of carbonyl (C=O) groups is 3. The standard InChI is InChI=1S/C21H20O6.C5H10O2.4C2H6.C2H2.CH4O/c1-9(22)10-6-7-11-13(8-10)20(25)16-17(18(11)23)21(26)15-12(19(16)24)4-3-5-14(15)27-2;6-5-3-1-2-4-7-5;6*1-2/h3-5,10,12,15,23,25H,6-8H2,1-2H3;5-6H,1-4H2;4*1-2H3;1-2H;2H,1H3/t;5-;;;;;;/m.1....../s1. The van der Waals surface area contributed by atoms with E-state index in [9.17, 15) is 24.6 Å². The summed E-state index contributed by atoms with van der Waals surface area (Å²) >= 11 is 0. The molecule has 4 atom stereocenters. The van der Waals surface area contributed by atoms with E-state index in [1.54, 1.807) is 18.2 Å². The molecule has 46 heavy (non-hydrogen) atoms. The molecule has 5 rings (SSSR count). The highest BCUT2D eigenvalue weighted by atomic mass is 16.6. The molecule has 9 heteroatoms. The zero-order valence-corrected chi connectivity index (χ0v) is 30.0. The van der Waals surface area contributed by atoms with Gasteiger partial charge in [0.2, 0.25) is 0 Å². The number of phenolic OH excluding ortho intramolecular Hbond substituents is 2. The van der Waals surface area contributed by atoms with Crippen molar-refractivity contribution in [3.05, 3.63) is 46.2 Å². The molecule has 0 bridgehead atoms. The third kappa shape index (κ3) is 11.7. The number of rotatable bonds is 2. The van der Waals surface area contributed by atoms with E-state index >= 15 is 0 Å². The number of aliphatic hydroxyl groups excluding tert-OH is 2. The summed E-state index contributed by atoms with van der Waals surface area (Å²) < 4.78 is 10.1. The van der Waals surface area contributed by atoms with Gasteiger partial charge in [-0.3, -0.25) is 14.4 Å². The summed E-state index contributed by atoms with van der Waals surface area (Å²) in [6.45, 7) is 18.2. The average Bonchev–Trinajstić information content (AvgIpc) is 3.13. The highest BCUT2D eigenvalue weighted by Crippen LogP contribution is 2.49. The maximum atomic E-state index is 13.2. The smallest absolute Gasteiger partial charge is 0.179 e. The zero-order valence-electron chi connectivity index (χ0n) is 30.0. The number of carbonyl (C=O) groups excluding carboxylic acids is 3. The Morgan fingerprint density at radius 1 is 0.870 bits per heavy atom. The Morgan fingerprint density at radius 3 is 1.83 bits per heavy atom. The second kappa shape index (κ2) is 26.7. The minimum atomic E-state index is -0.836. The molecule has 0 aromatic heterocycles. The van der Waals surface area contributed by atoms with Gasteiger partial charge in [0.25, 0.3) is 0 Å². The van der Waals surface area contributed by atoms with Crippen LogP contribution >= 0.6 is 0 Å². The van der Waals surface area contributed by atoms with Crippen molar-refractivity contribution in [2.75, 3.05) is 20.8 Å². The van der Waals surface area contributed by atoms with Crippen LogP contribution in [0, 0.1) is 30.6 Å². The van der Waals surface area contributed by atoms with Crippen LogP contribution in [0.25, 0.3) is 0 Å². The largest absolute Gasteiger partial charge is 0.507 e. The molecule has 4 N–H and O–H groups in total. The number of ether oxygens (including phenoxy) is 2. The second-order valence-corrected chi connectivity index (χ2v) is 9.17. The highest BCUT2D eigenvalue weighted by molar-refractivity contribution is 6.20. The quantitative estimate of drug-likeness (QED) is 0.197. The molecule has 1 heterocycles. The lowest BCUT2D eigenvalue weighted by Crippen LogP contribution is -2.39. The van der Waals surface area contributed by atoms with Gasteiger partial charge in [-0.2, -0.15) is 0 Å². The van der Waals surface area contributed by atoms with Crippen LogP contribution in [-0.2, 0) is 27.1 Å². The van der Waals surface area contributed by atoms with Crippen molar-refractivity contribution >= 4 is 17.3 Å². The second-order valence-electron chi connectivity index (χ2n) is 9.17. The molecule has 1 saturated heterocycles. The number of aliphatic hydroxyl groups is 2. The number of aromatic hydroxyl groups is 2. The molecule has 0 spiro atoms. The van der Waals surface area contributed by atoms with Crippen LogP contribution in [0.5, 0.6) is 11.5 Å². The van der Waals surface area contributed by atoms with Crippen molar-refractivity contribution < 1.29 is 44.3 Å². The summed E-state index contributed by atoms with van der Waals surface area (Å²) in [6.07, 6.45) is 16.6. The molecular weight excluding hydrogens is 588 g/mol. The number of benzene rings is 1. The first-order valence-electron chi connectivity index (χ1n) is 16.4.